The first-order valence-electron chi connectivity index (χ1n) is 9.21. The number of alkyl halides is 2. The van der Waals surface area contributed by atoms with Gasteiger partial charge >= 0.3 is 6.61 Å². The van der Waals surface area contributed by atoms with Gasteiger partial charge < -0.3 is 15.4 Å². The van der Waals surface area contributed by atoms with E-state index in [0.717, 1.165) is 25.6 Å². The van der Waals surface area contributed by atoms with Gasteiger partial charge in [0.25, 0.3) is 0 Å². The second-order valence-corrected chi connectivity index (χ2v) is 6.88. The molecule has 0 aliphatic carbocycles. The number of hydrogen-bond donors (Lipinski definition) is 2. The van der Waals surface area contributed by atoms with E-state index >= 15 is 0 Å². The van der Waals surface area contributed by atoms with E-state index in [1.807, 2.05) is 0 Å². The molecule has 0 aromatic heterocycles. The monoisotopic (exact) mass is 368 g/mol. The standard InChI is InChI=1S/C19H30F2N4O/c1-14-7-6-10-25(13-14)15(2)11-23-19(22-3)24-12-16-8-4-5-9-17(16)26-18(20)21/h4-5,8-9,14-15,18H,6-7,10-13H2,1-3H3,(H2,22,23,24). The van der Waals surface area contributed by atoms with Gasteiger partial charge in [0.1, 0.15) is 5.75 Å². The number of likely N-dealkylation sites (tertiary alicyclic amines) is 1. The molecule has 26 heavy (non-hydrogen) atoms. The molecular formula is C19H30F2N4O. The highest BCUT2D eigenvalue weighted by molar-refractivity contribution is 5.79. The van der Waals surface area contributed by atoms with Crippen molar-refractivity contribution in [2.75, 3.05) is 26.7 Å². The molecule has 2 unspecified atom stereocenters. The highest BCUT2D eigenvalue weighted by Crippen LogP contribution is 2.20. The lowest BCUT2D eigenvalue weighted by Crippen LogP contribution is -2.48. The maximum Gasteiger partial charge on any atom is 0.387 e. The summed E-state index contributed by atoms with van der Waals surface area (Å²) in [4.78, 5) is 6.71. The van der Waals surface area contributed by atoms with Crippen LogP contribution in [-0.4, -0.2) is 50.2 Å². The van der Waals surface area contributed by atoms with E-state index in [1.54, 1.807) is 31.3 Å². The van der Waals surface area contributed by atoms with Crippen LogP contribution in [0.1, 0.15) is 32.3 Å². The smallest absolute Gasteiger partial charge is 0.387 e. The normalized spacial score (nSPS) is 20.1. The number of para-hydroxylation sites is 1. The van der Waals surface area contributed by atoms with Crippen LogP contribution in [0.3, 0.4) is 0 Å². The third kappa shape index (κ3) is 6.44. The van der Waals surface area contributed by atoms with Gasteiger partial charge in [-0.15, -0.1) is 0 Å². The summed E-state index contributed by atoms with van der Waals surface area (Å²) in [6, 6.07) is 7.18. The van der Waals surface area contributed by atoms with Crippen LogP contribution >= 0.6 is 0 Å². The Morgan fingerprint density at radius 1 is 1.35 bits per heavy atom. The Labute approximate surface area is 154 Å². The number of hydrogen-bond acceptors (Lipinski definition) is 3. The van der Waals surface area contributed by atoms with Crippen molar-refractivity contribution in [2.45, 2.75) is 45.9 Å². The average Bonchev–Trinajstić information content (AvgIpc) is 2.62. The van der Waals surface area contributed by atoms with E-state index in [2.05, 4.69) is 39.1 Å². The molecule has 0 amide bonds. The Balaban J connectivity index is 1.83. The Morgan fingerprint density at radius 3 is 2.81 bits per heavy atom. The molecule has 1 aliphatic heterocycles. The SMILES string of the molecule is CN=C(NCc1ccccc1OC(F)F)NCC(C)N1CCCC(C)C1. The molecule has 2 N–H and O–H groups in total. The van der Waals surface area contributed by atoms with E-state index < -0.39 is 6.61 Å². The van der Waals surface area contributed by atoms with Gasteiger partial charge in [0.15, 0.2) is 5.96 Å². The quantitative estimate of drug-likeness (QED) is 0.574. The third-order valence-corrected chi connectivity index (χ3v) is 4.74. The van der Waals surface area contributed by atoms with Crippen LogP contribution in [0.4, 0.5) is 8.78 Å². The molecular weight excluding hydrogens is 338 g/mol. The van der Waals surface area contributed by atoms with Crippen molar-refractivity contribution in [2.24, 2.45) is 10.9 Å². The van der Waals surface area contributed by atoms with Gasteiger partial charge in [-0.1, -0.05) is 25.1 Å². The van der Waals surface area contributed by atoms with Crippen molar-refractivity contribution in [3.63, 3.8) is 0 Å². The Morgan fingerprint density at radius 2 is 2.12 bits per heavy atom. The van der Waals surface area contributed by atoms with Crippen LogP contribution in [0.15, 0.2) is 29.3 Å². The maximum absolute atomic E-state index is 12.5. The molecule has 1 heterocycles. The second kappa shape index (κ2) is 10.3. The van der Waals surface area contributed by atoms with Gasteiger partial charge in [-0.3, -0.25) is 9.89 Å². The summed E-state index contributed by atoms with van der Waals surface area (Å²) in [7, 11) is 1.70. The van der Waals surface area contributed by atoms with E-state index in [1.165, 1.54) is 12.8 Å². The summed E-state index contributed by atoms with van der Waals surface area (Å²) in [6.07, 6.45) is 2.55. The fraction of sp³-hybridized carbons (Fsp3) is 0.632. The molecule has 5 nitrogen and oxygen atoms in total. The van der Waals surface area contributed by atoms with Gasteiger partial charge in [0, 0.05) is 38.3 Å². The molecule has 146 valence electrons. The Bertz CT molecular complexity index is 582. The number of piperidine rings is 1. The number of aliphatic imine (C=N–C) groups is 1. The van der Waals surface area contributed by atoms with E-state index in [0.29, 0.717) is 24.1 Å². The van der Waals surface area contributed by atoms with Gasteiger partial charge in [0.05, 0.1) is 0 Å². The van der Waals surface area contributed by atoms with Crippen LogP contribution in [0.2, 0.25) is 0 Å². The van der Waals surface area contributed by atoms with Gasteiger partial charge in [0.2, 0.25) is 0 Å². The van der Waals surface area contributed by atoms with Crippen molar-refractivity contribution in [3.05, 3.63) is 29.8 Å². The summed E-state index contributed by atoms with van der Waals surface area (Å²) in [5, 5.41) is 6.48. The predicted molar refractivity (Wildman–Crippen MR) is 101 cm³/mol. The fourth-order valence-corrected chi connectivity index (χ4v) is 3.26. The summed E-state index contributed by atoms with van der Waals surface area (Å²) in [6.45, 7) is 5.08. The van der Waals surface area contributed by atoms with Crippen LogP contribution in [0.25, 0.3) is 0 Å². The van der Waals surface area contributed by atoms with Gasteiger partial charge in [-0.2, -0.15) is 8.78 Å². The van der Waals surface area contributed by atoms with Crippen LogP contribution in [0.5, 0.6) is 5.75 Å². The summed E-state index contributed by atoms with van der Waals surface area (Å²) in [5.74, 6) is 1.57. The highest BCUT2D eigenvalue weighted by atomic mass is 19.3. The molecule has 2 atom stereocenters. The zero-order chi connectivity index (χ0) is 18.9. The van der Waals surface area contributed by atoms with Crippen molar-refractivity contribution < 1.29 is 13.5 Å². The van der Waals surface area contributed by atoms with Crippen LogP contribution in [-0.2, 0) is 6.54 Å². The molecule has 1 fully saturated rings. The first kappa shape index (κ1) is 20.4. The molecule has 0 saturated carbocycles. The number of halogens is 2. The number of nitrogens with one attached hydrogen (secondary N) is 2. The number of ether oxygens (including phenoxy) is 1. The number of nitrogens with zero attached hydrogens (tertiary/aromatic N) is 2. The molecule has 1 saturated heterocycles. The first-order chi connectivity index (χ1) is 12.5. The predicted octanol–water partition coefficient (Wildman–Crippen LogP) is 3.07. The largest absolute Gasteiger partial charge is 0.434 e. The fourth-order valence-electron chi connectivity index (χ4n) is 3.26. The van der Waals surface area contributed by atoms with Gasteiger partial charge in [-0.05, 0) is 38.3 Å². The Hall–Kier alpha value is -1.89. The third-order valence-electron chi connectivity index (χ3n) is 4.74. The van der Waals surface area contributed by atoms with Crippen LogP contribution in [0, 0.1) is 5.92 Å². The number of benzene rings is 1. The van der Waals surface area contributed by atoms with E-state index in [9.17, 15) is 8.78 Å². The van der Waals surface area contributed by atoms with Gasteiger partial charge in [-0.25, -0.2) is 0 Å². The topological polar surface area (TPSA) is 48.9 Å². The minimum Gasteiger partial charge on any atom is -0.434 e. The van der Waals surface area contributed by atoms with Crippen molar-refractivity contribution in [1.29, 1.82) is 0 Å². The van der Waals surface area contributed by atoms with Crippen LogP contribution < -0.4 is 15.4 Å². The van der Waals surface area contributed by atoms with Crippen molar-refractivity contribution >= 4 is 5.96 Å². The molecule has 0 spiro atoms. The number of guanidine groups is 1. The molecule has 1 aliphatic rings. The van der Waals surface area contributed by atoms with E-state index in [-0.39, 0.29) is 5.75 Å². The molecule has 1 aromatic rings. The Kier molecular flexibility index (Phi) is 8.09. The highest BCUT2D eigenvalue weighted by Gasteiger charge is 2.20. The lowest BCUT2D eigenvalue weighted by Gasteiger charge is -2.35. The van der Waals surface area contributed by atoms with Crippen molar-refractivity contribution in [1.82, 2.24) is 15.5 Å². The lowest BCUT2D eigenvalue weighted by molar-refractivity contribution is -0.0504. The molecule has 1 aromatic carbocycles. The van der Waals surface area contributed by atoms with Crippen molar-refractivity contribution in [3.8, 4) is 5.75 Å². The first-order valence-corrected chi connectivity index (χ1v) is 9.21. The molecule has 0 radical (unpaired) electrons. The summed E-state index contributed by atoms with van der Waals surface area (Å²) in [5.41, 5.74) is 0.661. The molecule has 2 rings (SSSR count). The minimum absolute atomic E-state index is 0.182. The lowest BCUT2D eigenvalue weighted by atomic mass is 9.99. The minimum atomic E-state index is -2.83. The average molecular weight is 368 g/mol. The zero-order valence-corrected chi connectivity index (χ0v) is 15.8. The molecule has 7 heteroatoms. The number of rotatable bonds is 7. The molecule has 0 bridgehead atoms. The summed E-state index contributed by atoms with van der Waals surface area (Å²) >= 11 is 0. The zero-order valence-electron chi connectivity index (χ0n) is 15.8. The second-order valence-electron chi connectivity index (χ2n) is 6.88. The maximum atomic E-state index is 12.5. The summed E-state index contributed by atoms with van der Waals surface area (Å²) < 4.78 is 29.6. The van der Waals surface area contributed by atoms with E-state index in [4.69, 9.17) is 0 Å².